The van der Waals surface area contributed by atoms with Crippen LogP contribution in [0.2, 0.25) is 5.02 Å². The normalized spacial score (nSPS) is 19.1. The maximum absolute atomic E-state index is 6.28. The monoisotopic (exact) mass is 373 g/mol. The Bertz CT molecular complexity index is 740. The molecule has 2 fully saturated rings. The molecule has 4 heterocycles. The van der Waals surface area contributed by atoms with E-state index in [0.717, 1.165) is 69.8 Å². The summed E-state index contributed by atoms with van der Waals surface area (Å²) < 4.78 is 0. The van der Waals surface area contributed by atoms with E-state index in [2.05, 4.69) is 47.7 Å². The predicted octanol–water partition coefficient (Wildman–Crippen LogP) is 1.60. The van der Waals surface area contributed by atoms with Crippen LogP contribution in [0, 0.1) is 0 Å². The summed E-state index contributed by atoms with van der Waals surface area (Å²) in [7, 11) is 2.16. The highest BCUT2D eigenvalue weighted by Gasteiger charge is 2.22. The van der Waals surface area contributed by atoms with Gasteiger partial charge in [0.1, 0.15) is 23.8 Å². The third-order valence-corrected chi connectivity index (χ3v) is 5.40. The molecule has 7 nitrogen and oxygen atoms in total. The van der Waals surface area contributed by atoms with Crippen LogP contribution in [0.3, 0.4) is 0 Å². The Balaban J connectivity index is 1.42. The number of nitrogens with zero attached hydrogens (tertiary/aromatic N) is 7. The van der Waals surface area contributed by atoms with Gasteiger partial charge >= 0.3 is 0 Å². The van der Waals surface area contributed by atoms with E-state index in [-0.39, 0.29) is 0 Å². The zero-order valence-corrected chi connectivity index (χ0v) is 15.8. The summed E-state index contributed by atoms with van der Waals surface area (Å²) in [6, 6.07) is 5.88. The van der Waals surface area contributed by atoms with Crippen LogP contribution >= 0.6 is 11.6 Å². The lowest BCUT2D eigenvalue weighted by atomic mass is 10.3. The second-order valence-electron chi connectivity index (χ2n) is 6.81. The Labute approximate surface area is 159 Å². The molecule has 4 rings (SSSR count). The van der Waals surface area contributed by atoms with Gasteiger partial charge in [0.25, 0.3) is 0 Å². The van der Waals surface area contributed by atoms with Gasteiger partial charge in [-0.15, -0.1) is 0 Å². The number of aromatic nitrogens is 3. The van der Waals surface area contributed by atoms with Crippen molar-refractivity contribution in [1.29, 1.82) is 0 Å². The molecule has 0 aliphatic carbocycles. The molecule has 0 N–H and O–H groups in total. The van der Waals surface area contributed by atoms with Gasteiger partial charge in [-0.1, -0.05) is 11.6 Å². The van der Waals surface area contributed by atoms with E-state index in [0.29, 0.717) is 5.02 Å². The molecule has 0 spiro atoms. The topological polar surface area (TPSA) is 51.6 Å². The highest BCUT2D eigenvalue weighted by Crippen LogP contribution is 2.25. The fourth-order valence-corrected chi connectivity index (χ4v) is 3.72. The predicted molar refractivity (Wildman–Crippen MR) is 105 cm³/mol. The Kier molecular flexibility index (Phi) is 5.08. The quantitative estimate of drug-likeness (QED) is 0.810. The van der Waals surface area contributed by atoms with Crippen molar-refractivity contribution in [1.82, 2.24) is 19.9 Å². The van der Waals surface area contributed by atoms with E-state index in [1.54, 1.807) is 12.5 Å². The van der Waals surface area contributed by atoms with Crippen LogP contribution in [-0.2, 0) is 0 Å². The van der Waals surface area contributed by atoms with Crippen LogP contribution < -0.4 is 14.7 Å². The molecule has 26 heavy (non-hydrogen) atoms. The third kappa shape index (κ3) is 3.68. The lowest BCUT2D eigenvalue weighted by Gasteiger charge is -2.37. The summed E-state index contributed by atoms with van der Waals surface area (Å²) in [5, 5.41) is 0.709. The lowest BCUT2D eigenvalue weighted by Crippen LogP contribution is -2.47. The Hall–Kier alpha value is -2.12. The third-order valence-electron chi connectivity index (χ3n) is 5.11. The number of likely N-dealkylation sites (N-methyl/N-ethyl adjacent to an activating group) is 1. The summed E-state index contributed by atoms with van der Waals surface area (Å²) in [6.07, 6.45) is 3.48. The van der Waals surface area contributed by atoms with Crippen molar-refractivity contribution in [2.75, 3.05) is 74.1 Å². The molecule has 2 aromatic heterocycles. The van der Waals surface area contributed by atoms with Crippen molar-refractivity contribution in [3.8, 4) is 0 Å². The van der Waals surface area contributed by atoms with Crippen molar-refractivity contribution in [3.05, 3.63) is 35.7 Å². The van der Waals surface area contributed by atoms with E-state index in [1.165, 1.54) is 0 Å². The van der Waals surface area contributed by atoms with Crippen LogP contribution in [-0.4, -0.2) is 79.3 Å². The number of piperazine rings is 2. The van der Waals surface area contributed by atoms with Gasteiger partial charge in [0.15, 0.2) is 0 Å². The summed E-state index contributed by atoms with van der Waals surface area (Å²) in [6.45, 7) is 7.72. The Morgan fingerprint density at radius 2 is 1.38 bits per heavy atom. The van der Waals surface area contributed by atoms with Gasteiger partial charge in [-0.25, -0.2) is 15.0 Å². The first kappa shape index (κ1) is 17.3. The Morgan fingerprint density at radius 3 is 2.00 bits per heavy atom. The highest BCUT2D eigenvalue weighted by molar-refractivity contribution is 6.32. The van der Waals surface area contributed by atoms with Gasteiger partial charge < -0.3 is 19.6 Å². The summed E-state index contributed by atoms with van der Waals surface area (Å²) in [4.78, 5) is 22.7. The zero-order chi connectivity index (χ0) is 17.9. The molecular weight excluding hydrogens is 350 g/mol. The number of rotatable bonds is 3. The molecule has 0 aromatic carbocycles. The molecule has 2 aliphatic rings. The van der Waals surface area contributed by atoms with E-state index in [4.69, 9.17) is 11.6 Å². The fraction of sp³-hybridized carbons (Fsp3) is 0.500. The zero-order valence-electron chi connectivity index (χ0n) is 15.1. The number of hydrogen-bond acceptors (Lipinski definition) is 7. The van der Waals surface area contributed by atoms with Crippen molar-refractivity contribution in [3.63, 3.8) is 0 Å². The minimum atomic E-state index is 0.709. The molecule has 0 unspecified atom stereocenters. The number of hydrogen-bond donors (Lipinski definition) is 0. The van der Waals surface area contributed by atoms with Gasteiger partial charge in [-0.05, 0) is 19.2 Å². The highest BCUT2D eigenvalue weighted by atomic mass is 35.5. The largest absolute Gasteiger partial charge is 0.354 e. The number of pyridine rings is 1. The van der Waals surface area contributed by atoms with Gasteiger partial charge in [0.2, 0.25) is 0 Å². The minimum absolute atomic E-state index is 0.709. The molecule has 138 valence electrons. The van der Waals surface area contributed by atoms with Gasteiger partial charge in [0, 0.05) is 64.6 Å². The SMILES string of the molecule is CN1CCN(c2cc(N3CCN(c4ncccc4Cl)CC3)ncn2)CC1. The van der Waals surface area contributed by atoms with Gasteiger partial charge in [-0.3, -0.25) is 0 Å². The first-order valence-electron chi connectivity index (χ1n) is 9.06. The summed E-state index contributed by atoms with van der Waals surface area (Å²) in [5.41, 5.74) is 0. The van der Waals surface area contributed by atoms with Crippen molar-refractivity contribution < 1.29 is 0 Å². The number of anilines is 3. The molecular formula is C18H24ClN7. The summed E-state index contributed by atoms with van der Waals surface area (Å²) in [5.74, 6) is 2.90. The maximum Gasteiger partial charge on any atom is 0.147 e. The second kappa shape index (κ2) is 7.63. The van der Waals surface area contributed by atoms with Crippen LogP contribution in [0.1, 0.15) is 0 Å². The molecule has 0 bridgehead atoms. The molecule has 0 radical (unpaired) electrons. The lowest BCUT2D eigenvalue weighted by molar-refractivity contribution is 0.312. The van der Waals surface area contributed by atoms with E-state index < -0.39 is 0 Å². The average Bonchev–Trinajstić information content (AvgIpc) is 2.69. The molecule has 2 aromatic rings. The van der Waals surface area contributed by atoms with Crippen molar-refractivity contribution in [2.45, 2.75) is 0 Å². The van der Waals surface area contributed by atoms with Crippen molar-refractivity contribution in [2.24, 2.45) is 0 Å². The first-order valence-corrected chi connectivity index (χ1v) is 9.44. The van der Waals surface area contributed by atoms with Crippen LogP contribution in [0.25, 0.3) is 0 Å². The van der Waals surface area contributed by atoms with Crippen LogP contribution in [0.5, 0.6) is 0 Å². The maximum atomic E-state index is 6.28. The first-order chi connectivity index (χ1) is 12.7. The molecule has 0 saturated carbocycles. The van der Waals surface area contributed by atoms with Gasteiger partial charge in [-0.2, -0.15) is 0 Å². The number of halogens is 1. The molecule has 8 heteroatoms. The smallest absolute Gasteiger partial charge is 0.147 e. The standard InChI is InChI=1S/C18H24ClN7/c1-23-5-7-24(8-6-23)16-13-17(22-14-21-16)25-9-11-26(12-10-25)18-15(19)3-2-4-20-18/h2-4,13-14H,5-12H2,1H3. The molecule has 2 saturated heterocycles. The molecule has 0 atom stereocenters. The Morgan fingerprint density at radius 1 is 0.808 bits per heavy atom. The fourth-order valence-electron chi connectivity index (χ4n) is 3.48. The van der Waals surface area contributed by atoms with Crippen LogP contribution in [0.15, 0.2) is 30.7 Å². The summed E-state index contributed by atoms with van der Waals surface area (Å²) >= 11 is 6.28. The van der Waals surface area contributed by atoms with Crippen molar-refractivity contribution >= 4 is 29.1 Å². The average molecular weight is 374 g/mol. The molecule has 2 aliphatic heterocycles. The second-order valence-corrected chi connectivity index (χ2v) is 7.21. The van der Waals surface area contributed by atoms with E-state index >= 15 is 0 Å². The van der Waals surface area contributed by atoms with Crippen LogP contribution in [0.4, 0.5) is 17.5 Å². The van der Waals surface area contributed by atoms with E-state index in [9.17, 15) is 0 Å². The van der Waals surface area contributed by atoms with Gasteiger partial charge in [0.05, 0.1) is 5.02 Å². The molecule has 0 amide bonds. The van der Waals surface area contributed by atoms with E-state index in [1.807, 2.05) is 12.1 Å². The minimum Gasteiger partial charge on any atom is -0.354 e.